The molecule has 4 aromatic rings. The van der Waals surface area contributed by atoms with Crippen molar-refractivity contribution in [1.82, 2.24) is 0 Å². The van der Waals surface area contributed by atoms with Crippen molar-refractivity contribution in [2.75, 3.05) is 22.6 Å². The van der Waals surface area contributed by atoms with Crippen LogP contribution in [0.15, 0.2) is 108 Å². The van der Waals surface area contributed by atoms with Crippen LogP contribution in [0.2, 0.25) is 0 Å². The third kappa shape index (κ3) is 9.05. The van der Waals surface area contributed by atoms with Crippen LogP contribution in [0.4, 0.5) is 45.5 Å². The average molecular weight is 720 g/mol. The van der Waals surface area contributed by atoms with E-state index in [0.29, 0.717) is 40.6 Å². The van der Waals surface area contributed by atoms with E-state index in [-0.39, 0.29) is 64.8 Å². The van der Waals surface area contributed by atoms with Gasteiger partial charge in [0, 0.05) is 5.69 Å². The number of hydrazone groups is 1. The number of nitrogens with zero attached hydrogens (tertiary/aromatic N) is 5. The maximum absolute atomic E-state index is 13.5. The Morgan fingerprint density at radius 3 is 1.90 bits per heavy atom. The quantitative estimate of drug-likeness (QED) is 0.0565. The van der Waals surface area contributed by atoms with Crippen LogP contribution in [0.3, 0.4) is 0 Å². The number of hydrogen-bond acceptors (Lipinski definition) is 16. The molecule has 5 rings (SSSR count). The van der Waals surface area contributed by atoms with Crippen molar-refractivity contribution in [2.45, 2.75) is 11.8 Å². The zero-order chi connectivity index (χ0) is 34.1. The van der Waals surface area contributed by atoms with Gasteiger partial charge < -0.3 is 26.3 Å². The summed E-state index contributed by atoms with van der Waals surface area (Å²) in [5.41, 5.74) is 20.4. The van der Waals surface area contributed by atoms with E-state index >= 15 is 0 Å². The van der Waals surface area contributed by atoms with Crippen molar-refractivity contribution in [1.29, 1.82) is 0 Å². The number of aryl methyl sites for hydroxylation is 1. The molecular formula is C29H23N9Na2O7S2. The minimum absolute atomic E-state index is 0. The molecule has 0 unspecified atom stereocenters. The Hall–Kier alpha value is -3.82. The molecule has 7 N–H and O–H groups in total. The molecule has 4 aromatic carbocycles. The van der Waals surface area contributed by atoms with E-state index in [2.05, 4.69) is 31.0 Å². The molecule has 0 saturated heterocycles. The van der Waals surface area contributed by atoms with E-state index in [1.807, 2.05) is 0 Å². The second-order valence-electron chi connectivity index (χ2n) is 9.97. The number of nitrogens with one attached hydrogen (secondary N) is 1. The number of nitrogens with two attached hydrogens (primary N) is 3. The molecule has 0 heterocycles. The molecule has 0 saturated carbocycles. The zero-order valence-corrected chi connectivity index (χ0v) is 31.8. The number of azo groups is 2. The van der Waals surface area contributed by atoms with Crippen LogP contribution in [-0.4, -0.2) is 37.4 Å². The molecule has 49 heavy (non-hydrogen) atoms. The van der Waals surface area contributed by atoms with E-state index in [0.717, 1.165) is 5.56 Å². The second kappa shape index (κ2) is 15.8. The van der Waals surface area contributed by atoms with Crippen LogP contribution in [0, 0.1) is 6.92 Å². The van der Waals surface area contributed by atoms with Crippen LogP contribution >= 0.6 is 0 Å². The minimum Gasteiger partial charge on any atom is -0.744 e. The standard InChI is InChI=1S/C29H25N9O7S2.2Na/c1-15-11-22(21(31)14-20(15)30)36-33-18-7-9-19(10-8-18)35-37-27-23(46(40,41)42)12-16-13-24(47(43,44)45)28(29(39)25(16)26(27)32)38-34-17-5-3-2-4-6-17;;/h2-14,34H,30-32H2,1H3,(H,40,41,42)(H,43,44,45);;/q;2*+1/p-2/b36-33?,37-35?,38-28+;;. The van der Waals surface area contributed by atoms with Gasteiger partial charge in [-0.3, -0.25) is 10.2 Å². The second-order valence-corrected chi connectivity index (χ2v) is 12.7. The number of rotatable bonds is 8. The Labute approximate surface area is 324 Å². The van der Waals surface area contributed by atoms with Crippen molar-refractivity contribution >= 4 is 83.3 Å². The summed E-state index contributed by atoms with van der Waals surface area (Å²) in [5.74, 6) is -1.14. The summed E-state index contributed by atoms with van der Waals surface area (Å²) in [6.07, 6.45) is 0.711. The fourth-order valence-electron chi connectivity index (χ4n) is 4.34. The maximum Gasteiger partial charge on any atom is 1.00 e. The molecule has 0 bridgehead atoms. The summed E-state index contributed by atoms with van der Waals surface area (Å²) in [4.78, 5) is 11.5. The Bertz CT molecular complexity index is 2280. The first-order valence-corrected chi connectivity index (χ1v) is 16.1. The van der Waals surface area contributed by atoms with Gasteiger partial charge in [0.1, 0.15) is 37.3 Å². The summed E-state index contributed by atoms with van der Waals surface area (Å²) < 4.78 is 72.9. The monoisotopic (exact) mass is 719 g/mol. The molecular weight excluding hydrogens is 696 g/mol. The first-order chi connectivity index (χ1) is 22.1. The number of allylic oxidation sites excluding steroid dienone is 1. The first-order valence-electron chi connectivity index (χ1n) is 13.3. The Morgan fingerprint density at radius 2 is 1.33 bits per heavy atom. The molecule has 0 fully saturated rings. The van der Waals surface area contributed by atoms with Gasteiger partial charge in [0.05, 0.1) is 43.8 Å². The summed E-state index contributed by atoms with van der Waals surface area (Å²) in [6, 6.07) is 18.0. The molecule has 16 nitrogen and oxygen atoms in total. The number of anilines is 4. The number of benzene rings is 4. The number of carbonyl (C=O) groups is 1. The van der Waals surface area contributed by atoms with Crippen LogP contribution in [0.25, 0.3) is 6.08 Å². The van der Waals surface area contributed by atoms with E-state index in [4.69, 9.17) is 17.2 Å². The van der Waals surface area contributed by atoms with Crippen LogP contribution < -0.4 is 81.7 Å². The Morgan fingerprint density at radius 1 is 0.735 bits per heavy atom. The molecule has 1 aliphatic carbocycles. The fourth-order valence-corrected chi connectivity index (χ4v) is 5.64. The summed E-state index contributed by atoms with van der Waals surface area (Å²) in [7, 11) is -10.6. The van der Waals surface area contributed by atoms with Gasteiger partial charge in [0.15, 0.2) is 0 Å². The third-order valence-corrected chi connectivity index (χ3v) is 8.41. The predicted octanol–water partition coefficient (Wildman–Crippen LogP) is -0.965. The van der Waals surface area contributed by atoms with Gasteiger partial charge in [-0.25, -0.2) is 16.8 Å². The summed E-state index contributed by atoms with van der Waals surface area (Å²) in [5, 5.41) is 19.9. The van der Waals surface area contributed by atoms with E-state index in [1.54, 1.807) is 49.4 Å². The fraction of sp³-hybridized carbons (Fsp3) is 0.0345. The van der Waals surface area contributed by atoms with Gasteiger partial charge in [0.25, 0.3) is 0 Å². The average Bonchev–Trinajstić information content (AvgIpc) is 3.01. The molecule has 0 aromatic heterocycles. The molecule has 0 radical (unpaired) electrons. The largest absolute Gasteiger partial charge is 1.00 e. The van der Waals surface area contributed by atoms with Crippen molar-refractivity contribution in [3.8, 4) is 0 Å². The van der Waals surface area contributed by atoms with Gasteiger partial charge in [-0.15, -0.1) is 10.2 Å². The van der Waals surface area contributed by atoms with E-state index in [9.17, 15) is 30.7 Å². The molecule has 1 aliphatic rings. The number of hydrogen-bond donors (Lipinski definition) is 4. The van der Waals surface area contributed by atoms with Gasteiger partial charge in [0.2, 0.25) is 5.78 Å². The molecule has 240 valence electrons. The minimum atomic E-state index is -5.32. The van der Waals surface area contributed by atoms with Crippen LogP contribution in [0.5, 0.6) is 0 Å². The maximum atomic E-state index is 13.5. The van der Waals surface area contributed by atoms with Gasteiger partial charge in [-0.05, 0) is 78.7 Å². The molecule has 0 amide bonds. The smallest absolute Gasteiger partial charge is 0.744 e. The van der Waals surface area contributed by atoms with Crippen molar-refractivity contribution < 1.29 is 89.9 Å². The molecule has 0 aliphatic heterocycles. The summed E-state index contributed by atoms with van der Waals surface area (Å²) in [6.45, 7) is 1.79. The number of nitrogen functional groups attached to an aromatic ring is 3. The van der Waals surface area contributed by atoms with Crippen molar-refractivity contribution in [2.24, 2.45) is 25.6 Å². The van der Waals surface area contributed by atoms with Gasteiger partial charge >= 0.3 is 59.1 Å². The Balaban J connectivity index is 0.00000325. The SMILES string of the molecule is Cc1cc(N=Nc2ccc(N=Nc3c(S(=O)(=O)[O-])cc4c(c3N)C(=O)/C(=N/Nc3ccccc3)C(S(=O)(=O)[O-])=C4)cc2)c(N)cc1N.[Na+].[Na+]. The van der Waals surface area contributed by atoms with Gasteiger partial charge in [-0.2, -0.15) is 15.3 Å². The van der Waals surface area contributed by atoms with E-state index in [1.165, 1.54) is 24.3 Å². The van der Waals surface area contributed by atoms with Crippen LogP contribution in [0.1, 0.15) is 21.5 Å². The number of fused-ring (bicyclic) bond motifs is 1. The van der Waals surface area contributed by atoms with Crippen molar-refractivity contribution in [3.63, 3.8) is 0 Å². The first kappa shape index (κ1) is 39.6. The van der Waals surface area contributed by atoms with E-state index < -0.39 is 64.0 Å². The topological polar surface area (TPSA) is 283 Å². The number of ketones is 1. The third-order valence-electron chi connectivity index (χ3n) is 6.71. The number of Topliss-reactive ketones (excluding diaryl/α,β-unsaturated/α-hetero) is 1. The summed E-state index contributed by atoms with van der Waals surface area (Å²) >= 11 is 0. The van der Waals surface area contributed by atoms with Crippen LogP contribution in [-0.2, 0) is 20.2 Å². The predicted molar refractivity (Wildman–Crippen MR) is 173 cm³/mol. The number of para-hydroxylation sites is 1. The Kier molecular flexibility index (Phi) is 12.8. The normalized spacial score (nSPS) is 13.9. The molecule has 0 spiro atoms. The van der Waals surface area contributed by atoms with Crippen molar-refractivity contribution in [3.05, 3.63) is 94.4 Å². The zero-order valence-electron chi connectivity index (χ0n) is 26.1. The molecule has 0 atom stereocenters. The van der Waals surface area contributed by atoms with Gasteiger partial charge in [-0.1, -0.05) is 18.2 Å². The number of carbonyl (C=O) groups excluding carboxylic acids is 1. The molecule has 20 heteroatoms.